The summed E-state index contributed by atoms with van der Waals surface area (Å²) in [7, 11) is 0. The number of nitrogens with two attached hydrogens (primary N) is 1. The molecule has 1 aliphatic carbocycles. The van der Waals surface area contributed by atoms with Gasteiger partial charge in [-0.05, 0) is 40.3 Å². The van der Waals surface area contributed by atoms with Crippen molar-refractivity contribution in [2.45, 2.75) is 12.5 Å². The lowest BCUT2D eigenvalue weighted by atomic mass is 9.78. The van der Waals surface area contributed by atoms with Crippen molar-refractivity contribution in [3.63, 3.8) is 0 Å². The highest BCUT2D eigenvalue weighted by Crippen LogP contribution is 2.51. The van der Waals surface area contributed by atoms with Gasteiger partial charge in [0.15, 0.2) is 0 Å². The van der Waals surface area contributed by atoms with Gasteiger partial charge in [-0.25, -0.2) is 0 Å². The molecule has 0 fully saturated rings. The van der Waals surface area contributed by atoms with Gasteiger partial charge in [-0.1, -0.05) is 84.9 Å². The molecule has 1 nitrogen and oxygen atoms in total. The van der Waals surface area contributed by atoms with Gasteiger partial charge in [0.25, 0.3) is 0 Å². The Hall–Kier alpha value is -2.64. The van der Waals surface area contributed by atoms with Gasteiger partial charge < -0.3 is 5.73 Å². The van der Waals surface area contributed by atoms with Crippen molar-refractivity contribution in [2.24, 2.45) is 5.73 Å². The van der Waals surface area contributed by atoms with E-state index in [-0.39, 0.29) is 0 Å². The van der Waals surface area contributed by atoms with Crippen LogP contribution in [0.2, 0.25) is 0 Å². The molecular formula is C22H19N. The highest BCUT2D eigenvalue weighted by atomic mass is 14.8. The van der Waals surface area contributed by atoms with Crippen molar-refractivity contribution in [1.29, 1.82) is 0 Å². The second kappa shape index (κ2) is 5.22. The maximum Gasteiger partial charge on any atom is 0.0937 e. The topological polar surface area (TPSA) is 26.0 Å². The van der Waals surface area contributed by atoms with E-state index in [1.165, 1.54) is 27.8 Å². The summed E-state index contributed by atoms with van der Waals surface area (Å²) in [4.78, 5) is 0. The lowest BCUT2D eigenvalue weighted by Gasteiger charge is -2.31. The first-order valence-corrected chi connectivity index (χ1v) is 7.94. The fourth-order valence-corrected chi connectivity index (χ4v) is 3.77. The molecule has 4 rings (SSSR count). The first kappa shape index (κ1) is 14.0. The third-order valence-electron chi connectivity index (χ3n) is 4.82. The van der Waals surface area contributed by atoms with Crippen LogP contribution in [0.25, 0.3) is 11.1 Å². The van der Waals surface area contributed by atoms with E-state index >= 15 is 0 Å². The number of benzene rings is 3. The van der Waals surface area contributed by atoms with E-state index in [4.69, 9.17) is 5.73 Å². The second-order valence-corrected chi connectivity index (χ2v) is 6.09. The van der Waals surface area contributed by atoms with Gasteiger partial charge in [-0.3, -0.25) is 0 Å². The molecule has 0 radical (unpaired) electrons. The summed E-state index contributed by atoms with van der Waals surface area (Å²) < 4.78 is 0. The number of fused-ring (bicyclic) bond motifs is 1. The van der Waals surface area contributed by atoms with E-state index in [1.54, 1.807) is 0 Å². The van der Waals surface area contributed by atoms with Crippen molar-refractivity contribution in [3.8, 4) is 0 Å². The Morgan fingerprint density at radius 2 is 1.26 bits per heavy atom. The van der Waals surface area contributed by atoms with Crippen LogP contribution in [0.15, 0.2) is 84.9 Å². The molecule has 0 heterocycles. The molecule has 1 heteroatoms. The Balaban J connectivity index is 2.05. The Kier molecular flexibility index (Phi) is 3.17. The molecule has 23 heavy (non-hydrogen) atoms. The van der Waals surface area contributed by atoms with Crippen LogP contribution in [0.1, 0.15) is 29.2 Å². The minimum Gasteiger partial charge on any atom is -0.314 e. The predicted octanol–water partition coefficient (Wildman–Crippen LogP) is 4.83. The summed E-state index contributed by atoms with van der Waals surface area (Å²) in [6.07, 6.45) is 0. The zero-order valence-electron chi connectivity index (χ0n) is 13.2. The van der Waals surface area contributed by atoms with Crippen LogP contribution in [0, 0.1) is 0 Å². The van der Waals surface area contributed by atoms with Gasteiger partial charge in [0.1, 0.15) is 0 Å². The van der Waals surface area contributed by atoms with Crippen LogP contribution >= 0.6 is 0 Å². The molecule has 1 unspecified atom stereocenters. The molecule has 1 atom stereocenters. The van der Waals surface area contributed by atoms with Crippen LogP contribution in [-0.2, 0) is 5.54 Å². The van der Waals surface area contributed by atoms with Gasteiger partial charge in [0.2, 0.25) is 0 Å². The first-order valence-electron chi connectivity index (χ1n) is 7.94. The lowest BCUT2D eigenvalue weighted by molar-refractivity contribution is 0.714. The molecule has 0 aromatic heterocycles. The van der Waals surface area contributed by atoms with Crippen LogP contribution < -0.4 is 5.73 Å². The van der Waals surface area contributed by atoms with Crippen LogP contribution in [-0.4, -0.2) is 0 Å². The Morgan fingerprint density at radius 3 is 1.96 bits per heavy atom. The number of hydrogen-bond acceptors (Lipinski definition) is 1. The fourth-order valence-electron chi connectivity index (χ4n) is 3.77. The molecule has 3 aromatic rings. The van der Waals surface area contributed by atoms with E-state index in [1.807, 2.05) is 12.1 Å². The third kappa shape index (κ3) is 1.97. The van der Waals surface area contributed by atoms with Crippen molar-refractivity contribution >= 4 is 11.1 Å². The van der Waals surface area contributed by atoms with Gasteiger partial charge in [-0.15, -0.1) is 0 Å². The normalized spacial score (nSPS) is 19.7. The Bertz CT molecular complexity index is 878. The highest BCUT2D eigenvalue weighted by molar-refractivity contribution is 6.02. The van der Waals surface area contributed by atoms with Gasteiger partial charge in [-0.2, -0.15) is 0 Å². The SMILES string of the molecule is CC1=C(c2ccccc2)C(N)(c2ccccc2)c2ccccc21. The quantitative estimate of drug-likeness (QED) is 0.720. The van der Waals surface area contributed by atoms with E-state index < -0.39 is 5.54 Å². The minimum absolute atomic E-state index is 0.608. The predicted molar refractivity (Wildman–Crippen MR) is 96.8 cm³/mol. The molecule has 1 aliphatic rings. The summed E-state index contributed by atoms with van der Waals surface area (Å²) in [5.41, 5.74) is 13.7. The summed E-state index contributed by atoms with van der Waals surface area (Å²) in [6, 6.07) is 29.4. The van der Waals surface area contributed by atoms with E-state index in [9.17, 15) is 0 Å². The second-order valence-electron chi connectivity index (χ2n) is 6.09. The molecule has 2 N–H and O–H groups in total. The largest absolute Gasteiger partial charge is 0.314 e. The van der Waals surface area contributed by atoms with Gasteiger partial charge in [0, 0.05) is 0 Å². The highest BCUT2D eigenvalue weighted by Gasteiger charge is 2.42. The monoisotopic (exact) mass is 297 g/mol. The molecule has 0 bridgehead atoms. The zero-order valence-corrected chi connectivity index (χ0v) is 13.2. The molecule has 3 aromatic carbocycles. The molecule has 0 aliphatic heterocycles. The van der Waals surface area contributed by atoms with E-state index in [0.29, 0.717) is 0 Å². The van der Waals surface area contributed by atoms with Gasteiger partial charge >= 0.3 is 0 Å². The molecule has 112 valence electrons. The molecule has 0 amide bonds. The summed E-state index contributed by atoms with van der Waals surface area (Å²) >= 11 is 0. The smallest absolute Gasteiger partial charge is 0.0937 e. The maximum absolute atomic E-state index is 7.10. The number of allylic oxidation sites excluding steroid dienone is 1. The lowest BCUT2D eigenvalue weighted by Crippen LogP contribution is -2.37. The van der Waals surface area contributed by atoms with E-state index in [0.717, 1.165) is 5.56 Å². The van der Waals surface area contributed by atoms with Crippen LogP contribution in [0.4, 0.5) is 0 Å². The van der Waals surface area contributed by atoms with Crippen molar-refractivity contribution in [2.75, 3.05) is 0 Å². The Labute approximate surface area is 137 Å². The number of rotatable bonds is 2. The maximum atomic E-state index is 7.10. The first-order chi connectivity index (χ1) is 11.2. The van der Waals surface area contributed by atoms with Gasteiger partial charge in [0.05, 0.1) is 5.54 Å². The third-order valence-corrected chi connectivity index (χ3v) is 4.82. The average Bonchev–Trinajstić information content (AvgIpc) is 2.86. The van der Waals surface area contributed by atoms with E-state index in [2.05, 4.69) is 79.7 Å². The van der Waals surface area contributed by atoms with Crippen molar-refractivity contribution in [1.82, 2.24) is 0 Å². The fraction of sp³-hybridized carbons (Fsp3) is 0.0909. The zero-order chi connectivity index (χ0) is 15.9. The average molecular weight is 297 g/mol. The van der Waals surface area contributed by atoms with Crippen LogP contribution in [0.5, 0.6) is 0 Å². The number of hydrogen-bond donors (Lipinski definition) is 1. The molecule has 0 saturated carbocycles. The van der Waals surface area contributed by atoms with Crippen LogP contribution in [0.3, 0.4) is 0 Å². The van der Waals surface area contributed by atoms with Crippen molar-refractivity contribution in [3.05, 3.63) is 107 Å². The molecular weight excluding hydrogens is 278 g/mol. The summed E-state index contributed by atoms with van der Waals surface area (Å²) in [5.74, 6) is 0. The Morgan fingerprint density at radius 1 is 0.696 bits per heavy atom. The summed E-state index contributed by atoms with van der Waals surface area (Å²) in [5, 5.41) is 0. The van der Waals surface area contributed by atoms with Crippen molar-refractivity contribution < 1.29 is 0 Å². The standard InChI is InChI=1S/C22H19N/c1-16-19-14-8-9-15-20(19)22(23,18-12-6-3-7-13-18)21(16)17-10-4-2-5-11-17/h2-15H,23H2,1H3. The summed E-state index contributed by atoms with van der Waals surface area (Å²) in [6.45, 7) is 2.18. The minimum atomic E-state index is -0.608. The molecule has 0 spiro atoms. The molecule has 0 saturated heterocycles.